The van der Waals surface area contributed by atoms with Crippen molar-refractivity contribution in [3.05, 3.63) is 165 Å². The van der Waals surface area contributed by atoms with Crippen LogP contribution in [0.15, 0.2) is 165 Å². The third kappa shape index (κ3) is 30.0. The number of benzene rings is 6. The van der Waals surface area contributed by atoms with Gasteiger partial charge in [0.2, 0.25) is 0 Å². The van der Waals surface area contributed by atoms with Gasteiger partial charge in [-0.3, -0.25) is 29.0 Å². The number of hydrogen-bond acceptors (Lipinski definition) is 21. The molecule has 0 atom stereocenters. The van der Waals surface area contributed by atoms with Crippen molar-refractivity contribution in [2.75, 3.05) is 117 Å². The minimum absolute atomic E-state index is 0. The van der Waals surface area contributed by atoms with E-state index in [1.54, 1.807) is 70.6 Å². The molecule has 6 aromatic carbocycles. The Morgan fingerprint density at radius 2 is 0.763 bits per heavy atom. The molecule has 3 fully saturated rings. The standard InChI is InChI=1S/C30H36N6O2.C26H30N6O2.C25H25N5O3.13Co/c1-34-10-8-22(9-11-34)18-35-20-23(16-32-35)30-17-31-28-7-6-24(14-29(28)33-30)36(19-21-4-5-21)25-12-26(37-2)15-27(13-25)38-3;1-31-17-19(14-29-31)26-15-28-24-5-4-20(12-25(24)30-26)32(16-18-6-8-27-9-7-18)21-10-22(33-2)13-23(11-21)34-3;1-4-5-8-30(20-11-21(32-2)14-22(12-20)33-3)19-6-7-23-24(13-19)28-25(16-26-23)18-15-27-29(17-18)9-10-31;;;;;;;;;;;;;/h6-7,12-17,20-22H,4-5,8-11,18-19H2,1-3H3;4-5,10-15,17-18,27H,6-9,16H2,1-3H3;1,6-7,11-17,31H,5,8-10H2,2-3H3;;;;;;;;;;;;;. The van der Waals surface area contributed by atoms with E-state index < -0.39 is 0 Å². The summed E-state index contributed by atoms with van der Waals surface area (Å²) in [7, 11) is 14.1. The maximum absolute atomic E-state index is 9.12. The van der Waals surface area contributed by atoms with Gasteiger partial charge >= 0.3 is 0 Å². The second-order valence-electron chi connectivity index (χ2n) is 26.8. The maximum atomic E-state index is 9.12. The van der Waals surface area contributed by atoms with E-state index in [-0.39, 0.29) is 225 Å². The monoisotopic (exact) mass is 2180 g/mol. The molecule has 2 N–H and O–H groups in total. The average Bonchev–Trinajstić information content (AvgIpc) is 1.03. The maximum Gasteiger partial charge on any atom is 0.124 e. The number of fused-ring (bicyclic) bond motifs is 3. The fourth-order valence-electron chi connectivity index (χ4n) is 13.3. The number of piperidine rings is 2. The molecule has 24 nitrogen and oxygen atoms in total. The smallest absolute Gasteiger partial charge is 0.124 e. The molecule has 1 aliphatic carbocycles. The van der Waals surface area contributed by atoms with Crippen molar-refractivity contribution in [3.8, 4) is 80.6 Å². The number of nitrogens with one attached hydrogen (secondary N) is 1. The SMILES string of the molecule is C#CCCN(c1cc(OC)cc(OC)c1)c1ccc2ncc(-c3cnn(CCO)c3)nc2c1.COc1cc(OC)cc(N(CC2CC2)c2ccc3ncc(-c4cnn(CC5CCN(C)CC5)c4)nc3c2)c1.COc1cc(OC)cc(N(CC2CCNCC2)c2ccc3ncc(-c4cnn(C)c4)nc3c2)c1.[Co].[Co].[Co].[Co].[Co].[Co].[Co].[Co].[Co].[Co].[Co].[Co].[Co]. The van der Waals surface area contributed by atoms with Crippen LogP contribution < -0.4 is 48.4 Å². The minimum atomic E-state index is 0. The molecule has 37 heteroatoms. The second kappa shape index (κ2) is 55.4. The zero-order chi connectivity index (χ0) is 72.8. The quantitative estimate of drug-likeness (QED) is 0.0506. The van der Waals surface area contributed by atoms with E-state index in [4.69, 9.17) is 59.9 Å². The molecule has 0 unspecified atom stereocenters. The van der Waals surface area contributed by atoms with E-state index >= 15 is 0 Å². The van der Waals surface area contributed by atoms with E-state index in [9.17, 15) is 0 Å². The van der Waals surface area contributed by atoms with E-state index in [1.807, 2.05) is 92.6 Å². The number of terminal acetylenes is 1. The van der Waals surface area contributed by atoms with Crippen LogP contribution in [-0.4, -0.2) is 171 Å². The van der Waals surface area contributed by atoms with E-state index in [2.05, 4.69) is 129 Å². The zero-order valence-corrected chi connectivity index (χ0v) is 78.8. The van der Waals surface area contributed by atoms with Crippen LogP contribution in [0.4, 0.5) is 34.1 Å². The molecular formula is C81H91Co13N17O7. The number of aliphatic hydroxyl groups is 1. The van der Waals surface area contributed by atoms with Gasteiger partial charge in [0.25, 0.3) is 0 Å². The minimum Gasteiger partial charge on any atom is -0.497 e. The molecular weight excluding hydrogens is 2090 g/mol. The predicted molar refractivity (Wildman–Crippen MR) is 412 cm³/mol. The molecule has 3 aliphatic rings. The second-order valence-corrected chi connectivity index (χ2v) is 26.8. The number of rotatable bonds is 25. The number of aryl methyl sites for hydroxylation is 1. The Bertz CT molecular complexity index is 4950. The van der Waals surface area contributed by atoms with Crippen molar-refractivity contribution in [2.45, 2.75) is 58.0 Å². The van der Waals surface area contributed by atoms with Crippen LogP contribution in [0.25, 0.3) is 66.9 Å². The molecule has 12 aromatic rings. The molecule has 659 valence electrons. The molecule has 2 aliphatic heterocycles. The summed E-state index contributed by atoms with van der Waals surface area (Å²) < 4.78 is 38.7. The molecule has 15 rings (SSSR count). The fraction of sp³-hybridized carbons (Fsp3) is 0.346. The third-order valence-electron chi connectivity index (χ3n) is 19.4. The van der Waals surface area contributed by atoms with Gasteiger partial charge in [0.15, 0.2) is 0 Å². The van der Waals surface area contributed by atoms with Crippen molar-refractivity contribution in [2.24, 2.45) is 24.8 Å². The topological polar surface area (TPSA) is 231 Å². The van der Waals surface area contributed by atoms with Crippen LogP contribution in [-0.2, 0) is 238 Å². The normalized spacial score (nSPS) is 12.5. The van der Waals surface area contributed by atoms with E-state index in [0.717, 1.165) is 177 Å². The van der Waals surface area contributed by atoms with Gasteiger partial charge in [-0.15, -0.1) is 12.3 Å². The first kappa shape index (κ1) is 113. The molecule has 118 heavy (non-hydrogen) atoms. The van der Waals surface area contributed by atoms with Crippen LogP contribution in [0.3, 0.4) is 0 Å². The van der Waals surface area contributed by atoms with Crippen LogP contribution in [0, 0.1) is 30.1 Å². The van der Waals surface area contributed by atoms with Crippen LogP contribution in [0.5, 0.6) is 34.5 Å². The summed E-state index contributed by atoms with van der Waals surface area (Å²) >= 11 is 0. The molecule has 2 saturated heterocycles. The van der Waals surface area contributed by atoms with Crippen molar-refractivity contribution < 1.29 is 252 Å². The molecule has 0 spiro atoms. The average molecular weight is 2180 g/mol. The summed E-state index contributed by atoms with van der Waals surface area (Å²) in [6, 6.07) is 36.3. The molecule has 1 saturated carbocycles. The molecule has 0 bridgehead atoms. The van der Waals surface area contributed by atoms with Gasteiger partial charge in [-0.25, -0.2) is 15.0 Å². The number of aromatic nitrogens is 12. The van der Waals surface area contributed by atoms with Crippen molar-refractivity contribution in [1.29, 1.82) is 0 Å². The molecule has 13 radical (unpaired) electrons. The van der Waals surface area contributed by atoms with Crippen LogP contribution >= 0.6 is 0 Å². The van der Waals surface area contributed by atoms with Gasteiger partial charge in [0, 0.05) is 382 Å². The fourth-order valence-corrected chi connectivity index (χ4v) is 13.3. The Morgan fingerprint density at radius 3 is 1.13 bits per heavy atom. The number of hydrogen-bond donors (Lipinski definition) is 2. The van der Waals surface area contributed by atoms with Crippen molar-refractivity contribution >= 4 is 67.2 Å². The summed E-state index contributed by atoms with van der Waals surface area (Å²) in [6.07, 6.45) is 30.1. The number of nitrogens with zero attached hydrogens (tertiary/aromatic N) is 16. The van der Waals surface area contributed by atoms with Crippen molar-refractivity contribution in [1.82, 2.24) is 69.5 Å². The number of anilines is 6. The predicted octanol–water partition coefficient (Wildman–Crippen LogP) is 13.2. The van der Waals surface area contributed by atoms with Gasteiger partial charge in [-0.2, -0.15) is 15.3 Å². The number of methoxy groups -OCH3 is 6. The number of aliphatic hydroxyl groups excluding tert-OH is 1. The zero-order valence-electron chi connectivity index (χ0n) is 65.3. The van der Waals surface area contributed by atoms with Gasteiger partial charge in [-0.1, -0.05) is 0 Å². The van der Waals surface area contributed by atoms with E-state index in [1.165, 1.54) is 25.7 Å². The first-order chi connectivity index (χ1) is 51.3. The molecule has 6 aromatic heterocycles. The Morgan fingerprint density at radius 1 is 0.407 bits per heavy atom. The van der Waals surface area contributed by atoms with E-state index in [0.29, 0.717) is 54.5 Å². The van der Waals surface area contributed by atoms with Gasteiger partial charge in [-0.05, 0) is 144 Å². The van der Waals surface area contributed by atoms with Crippen LogP contribution in [0.1, 0.15) is 44.9 Å². The summed E-state index contributed by atoms with van der Waals surface area (Å²) in [6.45, 7) is 8.30. The Labute approximate surface area is 824 Å². The van der Waals surface area contributed by atoms with Crippen molar-refractivity contribution in [3.63, 3.8) is 0 Å². The van der Waals surface area contributed by atoms with Crippen LogP contribution in [0.2, 0.25) is 0 Å². The Hall–Kier alpha value is -4.81. The largest absolute Gasteiger partial charge is 0.497 e. The first-order valence-corrected chi connectivity index (χ1v) is 35.7. The van der Waals surface area contributed by atoms with Gasteiger partial charge in [0.05, 0.1) is 143 Å². The molecule has 8 heterocycles. The summed E-state index contributed by atoms with van der Waals surface area (Å²) in [5, 5.41) is 25.8. The third-order valence-corrected chi connectivity index (χ3v) is 19.4. The summed E-state index contributed by atoms with van der Waals surface area (Å²) in [5.74, 6) is 9.15. The first-order valence-electron chi connectivity index (χ1n) is 35.7. The summed E-state index contributed by atoms with van der Waals surface area (Å²) in [5.41, 5.74) is 16.2. The summed E-state index contributed by atoms with van der Waals surface area (Å²) in [4.78, 5) is 37.9. The Kier molecular flexibility index (Phi) is 53.2. The van der Waals surface area contributed by atoms with Gasteiger partial charge in [0.1, 0.15) is 34.5 Å². The number of likely N-dealkylation sites (tertiary alicyclic amines) is 1. The number of ether oxygens (including phenoxy) is 6. The molecule has 0 amide bonds. The van der Waals surface area contributed by atoms with Gasteiger partial charge < -0.3 is 58.4 Å². The Balaban J connectivity index is 0.00000165.